The van der Waals surface area contributed by atoms with Gasteiger partial charge in [-0.15, -0.1) is 0 Å². The zero-order valence-electron chi connectivity index (χ0n) is 15.8. The van der Waals surface area contributed by atoms with Crippen LogP contribution in [0.15, 0.2) is 42.2 Å². The molecule has 1 N–H and O–H groups in total. The fraction of sp³-hybridized carbons (Fsp3) is 0.476. The number of carbonyl (C=O) groups excluding carboxylic acids is 1. The molecule has 1 aromatic carbocycles. The largest absolute Gasteiger partial charge is 0.493 e. The van der Waals surface area contributed by atoms with Gasteiger partial charge in [-0.3, -0.25) is 0 Å². The van der Waals surface area contributed by atoms with E-state index in [9.17, 15) is 4.79 Å². The number of esters is 1. The van der Waals surface area contributed by atoms with E-state index >= 15 is 0 Å². The molecule has 1 aliphatic heterocycles. The van der Waals surface area contributed by atoms with E-state index < -0.39 is 0 Å². The first kappa shape index (κ1) is 18.5. The Kier molecular flexibility index (Phi) is 5.37. The van der Waals surface area contributed by atoms with E-state index in [0.717, 1.165) is 49.5 Å². The summed E-state index contributed by atoms with van der Waals surface area (Å²) in [7, 11) is 3.30. The van der Waals surface area contributed by atoms with Gasteiger partial charge in [0.15, 0.2) is 11.5 Å². The van der Waals surface area contributed by atoms with E-state index in [2.05, 4.69) is 30.1 Å². The third-order valence-corrected chi connectivity index (χ3v) is 5.45. The second kappa shape index (κ2) is 7.54. The summed E-state index contributed by atoms with van der Waals surface area (Å²) in [4.78, 5) is 11.8. The predicted molar refractivity (Wildman–Crippen MR) is 100 cm³/mol. The molecule has 5 nitrogen and oxygen atoms in total. The number of hydrogen-bond donors (Lipinski definition) is 1. The molecule has 0 amide bonds. The van der Waals surface area contributed by atoms with Crippen molar-refractivity contribution < 1.29 is 19.0 Å². The molecule has 0 unspecified atom stereocenters. The van der Waals surface area contributed by atoms with Crippen LogP contribution in [0.1, 0.15) is 31.7 Å². The second-order valence-electron chi connectivity index (χ2n) is 7.21. The Morgan fingerprint density at radius 1 is 1.27 bits per heavy atom. The van der Waals surface area contributed by atoms with Gasteiger partial charge < -0.3 is 19.5 Å². The van der Waals surface area contributed by atoms with Crippen molar-refractivity contribution in [1.82, 2.24) is 5.32 Å². The van der Waals surface area contributed by atoms with Crippen LogP contribution < -0.4 is 14.8 Å². The van der Waals surface area contributed by atoms with Crippen LogP contribution in [-0.4, -0.2) is 32.8 Å². The van der Waals surface area contributed by atoms with E-state index in [4.69, 9.17) is 14.2 Å². The number of hydrogen-bond acceptors (Lipinski definition) is 5. The molecule has 0 radical (unpaired) electrons. The normalized spacial score (nSPS) is 24.4. The summed E-state index contributed by atoms with van der Waals surface area (Å²) in [6, 6.07) is 6.33. The number of ether oxygens (including phenoxy) is 3. The maximum atomic E-state index is 11.8. The highest BCUT2D eigenvalue weighted by Crippen LogP contribution is 2.45. The van der Waals surface area contributed by atoms with Crippen molar-refractivity contribution in [1.29, 1.82) is 0 Å². The summed E-state index contributed by atoms with van der Waals surface area (Å²) >= 11 is 0. The van der Waals surface area contributed by atoms with Crippen LogP contribution in [-0.2, 0) is 16.0 Å². The molecule has 1 saturated heterocycles. The van der Waals surface area contributed by atoms with Crippen LogP contribution in [0.5, 0.6) is 11.5 Å². The SMILES string of the molecule is C=C(C)C(=O)OC1=C[C@@H]2NCC[C@@]2(Cc2ccc(OC)c(OC)c2)CC1. The third kappa shape index (κ3) is 3.63. The van der Waals surface area contributed by atoms with Crippen molar-refractivity contribution >= 4 is 5.97 Å². The number of benzene rings is 1. The van der Waals surface area contributed by atoms with Crippen molar-refractivity contribution in [2.24, 2.45) is 5.41 Å². The van der Waals surface area contributed by atoms with E-state index in [1.54, 1.807) is 21.1 Å². The van der Waals surface area contributed by atoms with Gasteiger partial charge in [-0.25, -0.2) is 4.79 Å². The van der Waals surface area contributed by atoms with Gasteiger partial charge in [0.1, 0.15) is 5.76 Å². The van der Waals surface area contributed by atoms with Gasteiger partial charge in [-0.1, -0.05) is 12.6 Å². The smallest absolute Gasteiger partial charge is 0.338 e. The first-order valence-corrected chi connectivity index (χ1v) is 9.00. The van der Waals surface area contributed by atoms with Crippen molar-refractivity contribution in [2.45, 2.75) is 38.6 Å². The molecule has 0 bridgehead atoms. The molecule has 1 aromatic rings. The zero-order valence-corrected chi connectivity index (χ0v) is 15.8. The highest BCUT2D eigenvalue weighted by molar-refractivity contribution is 5.87. The zero-order chi connectivity index (χ0) is 18.7. The first-order valence-electron chi connectivity index (χ1n) is 9.00. The molecule has 5 heteroatoms. The summed E-state index contributed by atoms with van der Waals surface area (Å²) in [5.41, 5.74) is 1.79. The monoisotopic (exact) mass is 357 g/mol. The fourth-order valence-electron chi connectivity index (χ4n) is 3.98. The standard InChI is InChI=1S/C21H27NO4/c1-14(2)20(23)26-16-7-8-21(9-10-22-19(21)12-16)13-15-5-6-17(24-3)18(11-15)25-4/h5-6,11-12,19,22H,1,7-10,13H2,2-4H3/t19-,21+/m0/s1. The Labute approximate surface area is 155 Å². The lowest BCUT2D eigenvalue weighted by Gasteiger charge is -2.37. The number of carbonyl (C=O) groups is 1. The molecule has 1 heterocycles. The lowest BCUT2D eigenvalue weighted by Crippen LogP contribution is -2.40. The van der Waals surface area contributed by atoms with Crippen molar-refractivity contribution in [2.75, 3.05) is 20.8 Å². The molecule has 3 rings (SSSR count). The molecule has 2 atom stereocenters. The van der Waals surface area contributed by atoms with Crippen molar-refractivity contribution in [3.63, 3.8) is 0 Å². The van der Waals surface area contributed by atoms with E-state index in [1.165, 1.54) is 5.56 Å². The average molecular weight is 357 g/mol. The lowest BCUT2D eigenvalue weighted by atomic mass is 9.69. The highest BCUT2D eigenvalue weighted by atomic mass is 16.5. The predicted octanol–water partition coefficient (Wildman–Crippen LogP) is 3.39. The minimum absolute atomic E-state index is 0.138. The van der Waals surface area contributed by atoms with Gasteiger partial charge in [0, 0.05) is 18.0 Å². The van der Waals surface area contributed by atoms with E-state index in [0.29, 0.717) is 5.57 Å². The Morgan fingerprint density at radius 3 is 2.73 bits per heavy atom. The molecule has 2 aliphatic rings. The highest BCUT2D eigenvalue weighted by Gasteiger charge is 2.44. The summed E-state index contributed by atoms with van der Waals surface area (Å²) in [6.07, 6.45) is 5.88. The summed E-state index contributed by atoms with van der Waals surface area (Å²) in [5, 5.41) is 3.56. The number of allylic oxidation sites excluding steroid dienone is 1. The Balaban J connectivity index is 1.79. The van der Waals surface area contributed by atoms with Gasteiger partial charge in [-0.2, -0.15) is 0 Å². The Bertz CT molecular complexity index is 740. The molecule has 26 heavy (non-hydrogen) atoms. The summed E-state index contributed by atoms with van der Waals surface area (Å²) in [5.74, 6) is 1.90. The maximum absolute atomic E-state index is 11.8. The second-order valence-corrected chi connectivity index (χ2v) is 7.21. The van der Waals surface area contributed by atoms with Crippen LogP contribution >= 0.6 is 0 Å². The Morgan fingerprint density at radius 2 is 2.04 bits per heavy atom. The number of methoxy groups -OCH3 is 2. The molecular formula is C21H27NO4. The third-order valence-electron chi connectivity index (χ3n) is 5.45. The molecule has 0 saturated carbocycles. The van der Waals surface area contributed by atoms with E-state index in [-0.39, 0.29) is 17.4 Å². The lowest BCUT2D eigenvalue weighted by molar-refractivity contribution is -0.135. The average Bonchev–Trinajstić information content (AvgIpc) is 3.04. The molecule has 1 fully saturated rings. The maximum Gasteiger partial charge on any atom is 0.338 e. The van der Waals surface area contributed by atoms with Gasteiger partial charge in [0.25, 0.3) is 0 Å². The quantitative estimate of drug-likeness (QED) is 0.625. The number of fused-ring (bicyclic) bond motifs is 1. The van der Waals surface area contributed by atoms with Crippen molar-refractivity contribution in [3.05, 3.63) is 47.7 Å². The molecule has 140 valence electrons. The molecule has 0 spiro atoms. The molecular weight excluding hydrogens is 330 g/mol. The van der Waals surface area contributed by atoms with Crippen LogP contribution in [0.25, 0.3) is 0 Å². The van der Waals surface area contributed by atoms with Crippen LogP contribution in [0.4, 0.5) is 0 Å². The number of nitrogens with one attached hydrogen (secondary N) is 1. The molecule has 0 aromatic heterocycles. The molecule has 1 aliphatic carbocycles. The number of rotatable bonds is 6. The van der Waals surface area contributed by atoms with Crippen LogP contribution in [0.2, 0.25) is 0 Å². The summed E-state index contributed by atoms with van der Waals surface area (Å²) < 4.78 is 16.2. The first-order chi connectivity index (χ1) is 12.5. The van der Waals surface area contributed by atoms with E-state index in [1.807, 2.05) is 6.07 Å². The summed E-state index contributed by atoms with van der Waals surface area (Å²) in [6.45, 7) is 6.28. The minimum Gasteiger partial charge on any atom is -0.493 e. The topological polar surface area (TPSA) is 56.8 Å². The minimum atomic E-state index is -0.346. The Hall–Kier alpha value is -2.27. The van der Waals surface area contributed by atoms with Crippen LogP contribution in [0.3, 0.4) is 0 Å². The van der Waals surface area contributed by atoms with Gasteiger partial charge in [-0.05, 0) is 61.9 Å². The fourth-order valence-corrected chi connectivity index (χ4v) is 3.98. The van der Waals surface area contributed by atoms with Crippen molar-refractivity contribution in [3.8, 4) is 11.5 Å². The van der Waals surface area contributed by atoms with Gasteiger partial charge >= 0.3 is 5.97 Å². The van der Waals surface area contributed by atoms with Gasteiger partial charge in [0.05, 0.1) is 14.2 Å². The van der Waals surface area contributed by atoms with Gasteiger partial charge in [0.2, 0.25) is 0 Å². The van der Waals surface area contributed by atoms with Crippen LogP contribution in [0, 0.1) is 5.41 Å².